The molecule has 1 unspecified atom stereocenters. The molecular weight excluding hydrogens is 338 g/mol. The topological polar surface area (TPSA) is 103 Å². The number of fused-ring (bicyclic) bond motifs is 2. The number of hydrogen-bond acceptors (Lipinski definition) is 5. The smallest absolute Gasteiger partial charge is 0.341 e. The highest BCUT2D eigenvalue weighted by molar-refractivity contribution is 5.97. The van der Waals surface area contributed by atoms with Gasteiger partial charge < -0.3 is 19.7 Å². The SMILES string of the molecule is CC(C)(C)CCN1CCCN2C(=O)c3c(O)c(=O)c(C(=O)O)cn3CC12. The van der Waals surface area contributed by atoms with Gasteiger partial charge in [-0.1, -0.05) is 20.8 Å². The molecule has 0 aromatic carbocycles. The largest absolute Gasteiger partial charge is 0.503 e. The standard InChI is InChI=1S/C18H25N3O5/c1-18(2,3)5-8-19-6-4-7-21-12(19)10-20-9-11(17(25)26)14(22)15(23)13(20)16(21)24/h9,12,23H,4-8,10H2,1-3H3,(H,25,26). The van der Waals surface area contributed by atoms with E-state index in [1.165, 1.54) is 10.8 Å². The van der Waals surface area contributed by atoms with E-state index in [-0.39, 0.29) is 17.3 Å². The number of aromatic carboxylic acids is 1. The van der Waals surface area contributed by atoms with Gasteiger partial charge in [-0.15, -0.1) is 0 Å². The molecule has 1 amide bonds. The summed E-state index contributed by atoms with van der Waals surface area (Å²) in [6.07, 6.45) is 2.76. The molecule has 3 heterocycles. The van der Waals surface area contributed by atoms with Gasteiger partial charge in [-0.25, -0.2) is 4.79 Å². The molecule has 1 saturated heterocycles. The summed E-state index contributed by atoms with van der Waals surface area (Å²) < 4.78 is 1.42. The lowest BCUT2D eigenvalue weighted by Gasteiger charge is -2.47. The molecule has 8 heteroatoms. The number of carboxylic acids is 1. The van der Waals surface area contributed by atoms with Crippen LogP contribution in [0.15, 0.2) is 11.0 Å². The van der Waals surface area contributed by atoms with Crippen LogP contribution in [-0.4, -0.2) is 62.3 Å². The Morgan fingerprint density at radius 1 is 1.27 bits per heavy atom. The normalized spacial score (nSPS) is 20.7. The summed E-state index contributed by atoms with van der Waals surface area (Å²) in [4.78, 5) is 40.1. The van der Waals surface area contributed by atoms with E-state index >= 15 is 0 Å². The molecular formula is C18H25N3O5. The number of rotatable bonds is 3. The minimum Gasteiger partial charge on any atom is -0.503 e. The third-order valence-electron chi connectivity index (χ3n) is 5.08. The van der Waals surface area contributed by atoms with E-state index in [4.69, 9.17) is 0 Å². The number of hydrogen-bond donors (Lipinski definition) is 2. The van der Waals surface area contributed by atoms with Crippen molar-refractivity contribution in [2.24, 2.45) is 5.41 Å². The highest BCUT2D eigenvalue weighted by Crippen LogP contribution is 2.29. The van der Waals surface area contributed by atoms with Crippen LogP contribution in [0.5, 0.6) is 5.75 Å². The van der Waals surface area contributed by atoms with Gasteiger partial charge in [-0.2, -0.15) is 0 Å². The molecule has 0 spiro atoms. The zero-order valence-corrected chi connectivity index (χ0v) is 15.4. The van der Waals surface area contributed by atoms with Gasteiger partial charge in [0.1, 0.15) is 11.7 Å². The highest BCUT2D eigenvalue weighted by atomic mass is 16.4. The van der Waals surface area contributed by atoms with Crippen molar-refractivity contribution in [3.8, 4) is 5.75 Å². The van der Waals surface area contributed by atoms with Gasteiger partial charge in [-0.3, -0.25) is 14.5 Å². The number of carbonyl (C=O) groups excluding carboxylic acids is 1. The lowest BCUT2D eigenvalue weighted by Crippen LogP contribution is -2.61. The number of carbonyl (C=O) groups is 2. The van der Waals surface area contributed by atoms with Crippen LogP contribution in [0.3, 0.4) is 0 Å². The molecule has 1 aromatic rings. The van der Waals surface area contributed by atoms with Crippen molar-refractivity contribution in [1.29, 1.82) is 0 Å². The number of aromatic hydroxyl groups is 1. The molecule has 2 aliphatic heterocycles. The molecule has 1 aromatic heterocycles. The van der Waals surface area contributed by atoms with Crippen LogP contribution in [0.25, 0.3) is 0 Å². The first-order valence-electron chi connectivity index (χ1n) is 8.85. The molecule has 3 rings (SSSR count). The van der Waals surface area contributed by atoms with Crippen molar-refractivity contribution in [3.63, 3.8) is 0 Å². The molecule has 2 aliphatic rings. The van der Waals surface area contributed by atoms with Crippen molar-refractivity contribution < 1.29 is 19.8 Å². The molecule has 1 atom stereocenters. The Balaban J connectivity index is 1.98. The summed E-state index contributed by atoms with van der Waals surface area (Å²) in [5.74, 6) is -2.61. The summed E-state index contributed by atoms with van der Waals surface area (Å²) in [7, 11) is 0. The second-order valence-corrected chi connectivity index (χ2v) is 8.21. The number of amides is 1. The number of aromatic nitrogens is 1. The van der Waals surface area contributed by atoms with E-state index in [0.717, 1.165) is 25.9 Å². The van der Waals surface area contributed by atoms with Crippen LogP contribution in [0, 0.1) is 5.41 Å². The summed E-state index contributed by atoms with van der Waals surface area (Å²) in [5.41, 5.74) is -1.49. The van der Waals surface area contributed by atoms with E-state index < -0.39 is 28.6 Å². The highest BCUT2D eigenvalue weighted by Gasteiger charge is 2.40. The van der Waals surface area contributed by atoms with Gasteiger partial charge in [0.05, 0.1) is 6.54 Å². The van der Waals surface area contributed by atoms with Crippen molar-refractivity contribution in [2.75, 3.05) is 19.6 Å². The van der Waals surface area contributed by atoms with Gasteiger partial charge in [0.2, 0.25) is 5.43 Å². The Morgan fingerprint density at radius 2 is 1.96 bits per heavy atom. The Hall–Kier alpha value is -2.35. The number of carboxylic acid groups (broad SMARTS) is 1. The van der Waals surface area contributed by atoms with Gasteiger partial charge >= 0.3 is 5.97 Å². The second-order valence-electron chi connectivity index (χ2n) is 8.21. The second kappa shape index (κ2) is 6.42. The molecule has 8 nitrogen and oxygen atoms in total. The van der Waals surface area contributed by atoms with Crippen molar-refractivity contribution in [3.05, 3.63) is 27.7 Å². The zero-order valence-electron chi connectivity index (χ0n) is 15.4. The van der Waals surface area contributed by atoms with E-state index in [1.54, 1.807) is 4.90 Å². The van der Waals surface area contributed by atoms with Crippen LogP contribution in [-0.2, 0) is 6.54 Å². The molecule has 26 heavy (non-hydrogen) atoms. The van der Waals surface area contributed by atoms with Gasteiger partial charge in [-0.05, 0) is 18.3 Å². The van der Waals surface area contributed by atoms with Crippen LogP contribution in [0.4, 0.5) is 0 Å². The summed E-state index contributed by atoms with van der Waals surface area (Å²) in [6, 6.07) is 0. The monoisotopic (exact) mass is 363 g/mol. The number of pyridine rings is 1. The maximum Gasteiger partial charge on any atom is 0.341 e. The first-order chi connectivity index (χ1) is 12.1. The predicted molar refractivity (Wildman–Crippen MR) is 94.4 cm³/mol. The molecule has 2 N–H and O–H groups in total. The molecule has 0 radical (unpaired) electrons. The van der Waals surface area contributed by atoms with Crippen LogP contribution < -0.4 is 5.43 Å². The van der Waals surface area contributed by atoms with E-state index in [2.05, 4.69) is 25.7 Å². The predicted octanol–water partition coefficient (Wildman–Crippen LogP) is 1.18. The Morgan fingerprint density at radius 3 is 2.58 bits per heavy atom. The molecule has 1 fully saturated rings. The molecule has 0 aliphatic carbocycles. The molecule has 0 saturated carbocycles. The van der Waals surface area contributed by atoms with Crippen LogP contribution in [0.1, 0.15) is 54.5 Å². The van der Waals surface area contributed by atoms with Crippen molar-refractivity contribution >= 4 is 11.9 Å². The lowest BCUT2D eigenvalue weighted by atomic mass is 9.91. The van der Waals surface area contributed by atoms with E-state index in [1.807, 2.05) is 0 Å². The minimum absolute atomic E-state index is 0.117. The third kappa shape index (κ3) is 3.21. The van der Waals surface area contributed by atoms with Crippen LogP contribution >= 0.6 is 0 Å². The van der Waals surface area contributed by atoms with Gasteiger partial charge in [0, 0.05) is 25.8 Å². The molecule has 0 bridgehead atoms. The first kappa shape index (κ1) is 18.4. The maximum absolute atomic E-state index is 12.9. The average molecular weight is 363 g/mol. The third-order valence-corrected chi connectivity index (χ3v) is 5.08. The average Bonchev–Trinajstić information content (AvgIpc) is 2.55. The van der Waals surface area contributed by atoms with Crippen LogP contribution in [0.2, 0.25) is 0 Å². The summed E-state index contributed by atoms with van der Waals surface area (Å²) in [5, 5.41) is 19.3. The minimum atomic E-state index is -1.41. The fourth-order valence-corrected chi connectivity index (χ4v) is 3.61. The van der Waals surface area contributed by atoms with Gasteiger partial charge in [0.15, 0.2) is 11.4 Å². The Labute approximate surface area is 151 Å². The lowest BCUT2D eigenvalue weighted by molar-refractivity contribution is -0.0136. The zero-order chi connectivity index (χ0) is 19.2. The first-order valence-corrected chi connectivity index (χ1v) is 8.85. The van der Waals surface area contributed by atoms with Crippen molar-refractivity contribution in [1.82, 2.24) is 14.4 Å². The van der Waals surface area contributed by atoms with E-state index in [9.17, 15) is 24.6 Å². The maximum atomic E-state index is 12.9. The Kier molecular flexibility index (Phi) is 4.56. The fourth-order valence-electron chi connectivity index (χ4n) is 3.61. The van der Waals surface area contributed by atoms with Gasteiger partial charge in [0.25, 0.3) is 5.91 Å². The summed E-state index contributed by atoms with van der Waals surface area (Å²) in [6.45, 7) is 9.07. The molecule has 142 valence electrons. The van der Waals surface area contributed by atoms with Crippen molar-refractivity contribution in [2.45, 2.75) is 46.3 Å². The summed E-state index contributed by atoms with van der Waals surface area (Å²) >= 11 is 0. The fraction of sp³-hybridized carbons (Fsp3) is 0.611. The quantitative estimate of drug-likeness (QED) is 0.836. The number of nitrogens with zero attached hydrogens (tertiary/aromatic N) is 3. The Bertz CT molecular complexity index is 808. The van der Waals surface area contributed by atoms with E-state index in [0.29, 0.717) is 13.1 Å².